The number of aliphatic hydroxyl groups is 1. The van der Waals surface area contributed by atoms with E-state index < -0.39 is 5.97 Å². The van der Waals surface area contributed by atoms with E-state index in [1.54, 1.807) is 0 Å². The van der Waals surface area contributed by atoms with Crippen LogP contribution in [0.3, 0.4) is 0 Å². The minimum Gasteiger partial charge on any atom is -0.481 e. The van der Waals surface area contributed by atoms with Crippen molar-refractivity contribution >= 4 is 22.7 Å². The summed E-state index contributed by atoms with van der Waals surface area (Å²) in [6, 6.07) is 13.7. The molecule has 138 valence electrons. The van der Waals surface area contributed by atoms with E-state index >= 15 is 0 Å². The number of aliphatic hydroxyl groups excluding tert-OH is 1. The summed E-state index contributed by atoms with van der Waals surface area (Å²) in [5.74, 6) is -0.362. The number of fused-ring (bicyclic) bond motifs is 1. The molecule has 2 aromatic carbocycles. The highest BCUT2D eigenvalue weighted by atomic mass is 16.4. The lowest BCUT2D eigenvalue weighted by Crippen LogP contribution is -2.39. The largest absolute Gasteiger partial charge is 0.481 e. The molecule has 1 saturated heterocycles. The lowest BCUT2D eigenvalue weighted by molar-refractivity contribution is -0.141. The molecular weight excluding hydrogens is 342 g/mol. The molecule has 1 unspecified atom stereocenters. The van der Waals surface area contributed by atoms with E-state index in [0.717, 1.165) is 46.4 Å². The first-order chi connectivity index (χ1) is 13.2. The van der Waals surface area contributed by atoms with Crippen LogP contribution in [0.4, 0.5) is 5.82 Å². The number of benzene rings is 2. The summed E-state index contributed by atoms with van der Waals surface area (Å²) < 4.78 is 0. The van der Waals surface area contributed by atoms with Crippen LogP contribution >= 0.6 is 0 Å². The molecule has 1 aliphatic heterocycles. The molecule has 6 nitrogen and oxygen atoms in total. The maximum Gasteiger partial charge on any atom is 0.308 e. The third-order valence-electron chi connectivity index (χ3n) is 5.13. The zero-order chi connectivity index (χ0) is 18.8. The topological polar surface area (TPSA) is 86.5 Å². The van der Waals surface area contributed by atoms with Gasteiger partial charge in [0, 0.05) is 13.1 Å². The zero-order valence-electron chi connectivity index (χ0n) is 14.9. The van der Waals surface area contributed by atoms with E-state index in [0.29, 0.717) is 13.0 Å². The van der Waals surface area contributed by atoms with Crippen molar-refractivity contribution in [2.24, 2.45) is 5.92 Å². The van der Waals surface area contributed by atoms with E-state index in [9.17, 15) is 15.0 Å². The van der Waals surface area contributed by atoms with E-state index in [4.69, 9.17) is 0 Å². The fourth-order valence-corrected chi connectivity index (χ4v) is 3.78. The van der Waals surface area contributed by atoms with Crippen LogP contribution in [-0.4, -0.2) is 39.2 Å². The quantitative estimate of drug-likeness (QED) is 0.741. The number of carbonyl (C=O) groups is 1. The Kier molecular flexibility index (Phi) is 4.73. The Labute approximate surface area is 157 Å². The van der Waals surface area contributed by atoms with Crippen molar-refractivity contribution < 1.29 is 15.0 Å². The summed E-state index contributed by atoms with van der Waals surface area (Å²) in [7, 11) is 0. The molecule has 1 aromatic heterocycles. The molecular formula is C21H21N3O3. The van der Waals surface area contributed by atoms with Gasteiger partial charge in [0.2, 0.25) is 0 Å². The van der Waals surface area contributed by atoms with Gasteiger partial charge in [0.25, 0.3) is 0 Å². The zero-order valence-corrected chi connectivity index (χ0v) is 14.9. The highest BCUT2D eigenvalue weighted by molar-refractivity contribution is 6.02. The second-order valence-corrected chi connectivity index (χ2v) is 6.88. The summed E-state index contributed by atoms with van der Waals surface area (Å²) in [4.78, 5) is 22.5. The first kappa shape index (κ1) is 17.4. The highest BCUT2D eigenvalue weighted by Gasteiger charge is 2.27. The van der Waals surface area contributed by atoms with Gasteiger partial charge in [0.05, 0.1) is 23.4 Å². The van der Waals surface area contributed by atoms with Crippen molar-refractivity contribution in [2.75, 3.05) is 18.0 Å². The van der Waals surface area contributed by atoms with Crippen LogP contribution < -0.4 is 4.90 Å². The normalized spacial score (nSPS) is 17.2. The molecule has 6 heteroatoms. The van der Waals surface area contributed by atoms with Gasteiger partial charge in [0.15, 0.2) is 0 Å². The average Bonchev–Trinajstić information content (AvgIpc) is 2.73. The molecule has 0 radical (unpaired) electrons. The standard InChI is InChI=1S/C21H21N3O3/c25-12-14-4-1-5-15(10-14)17-7-2-8-18-19(17)20(23-13-22-18)24-9-3-6-16(11-24)21(26)27/h1-2,4-5,7-8,10,13,16,25H,3,6,9,11-12H2,(H,26,27). The number of anilines is 1. The molecule has 0 aliphatic carbocycles. The number of carboxylic acids is 1. The summed E-state index contributed by atoms with van der Waals surface area (Å²) in [6.07, 6.45) is 3.06. The number of nitrogens with zero attached hydrogens (tertiary/aromatic N) is 3. The number of carboxylic acid groups (broad SMARTS) is 1. The molecule has 1 atom stereocenters. The van der Waals surface area contributed by atoms with Gasteiger partial charge in [-0.05, 0) is 41.7 Å². The first-order valence-electron chi connectivity index (χ1n) is 9.09. The third-order valence-corrected chi connectivity index (χ3v) is 5.13. The molecule has 0 spiro atoms. The predicted molar refractivity (Wildman–Crippen MR) is 103 cm³/mol. The molecule has 27 heavy (non-hydrogen) atoms. The monoisotopic (exact) mass is 363 g/mol. The van der Waals surface area contributed by atoms with Crippen LogP contribution in [0.25, 0.3) is 22.0 Å². The van der Waals surface area contributed by atoms with Gasteiger partial charge < -0.3 is 15.1 Å². The van der Waals surface area contributed by atoms with Crippen molar-refractivity contribution in [3.05, 3.63) is 54.4 Å². The Hall–Kier alpha value is -2.99. The lowest BCUT2D eigenvalue weighted by atomic mass is 9.96. The molecule has 2 heterocycles. The molecule has 2 N–H and O–H groups in total. The predicted octanol–water partition coefficient (Wildman–Crippen LogP) is 3.09. The number of hydrogen-bond acceptors (Lipinski definition) is 5. The fraction of sp³-hybridized carbons (Fsp3) is 0.286. The number of hydrogen-bond donors (Lipinski definition) is 2. The summed E-state index contributed by atoms with van der Waals surface area (Å²) in [5.41, 5.74) is 3.63. The van der Waals surface area contributed by atoms with Crippen molar-refractivity contribution in [1.29, 1.82) is 0 Å². The lowest BCUT2D eigenvalue weighted by Gasteiger charge is -2.32. The second-order valence-electron chi connectivity index (χ2n) is 6.88. The van der Waals surface area contributed by atoms with E-state index in [-0.39, 0.29) is 12.5 Å². The van der Waals surface area contributed by atoms with Crippen molar-refractivity contribution in [1.82, 2.24) is 9.97 Å². The van der Waals surface area contributed by atoms with Gasteiger partial charge in [-0.3, -0.25) is 4.79 Å². The minimum atomic E-state index is -0.756. The first-order valence-corrected chi connectivity index (χ1v) is 9.09. The van der Waals surface area contributed by atoms with Crippen LogP contribution in [0.5, 0.6) is 0 Å². The number of rotatable bonds is 4. The second kappa shape index (κ2) is 7.32. The van der Waals surface area contributed by atoms with Crippen LogP contribution in [0.15, 0.2) is 48.8 Å². The van der Waals surface area contributed by atoms with E-state index in [1.807, 2.05) is 42.5 Å². The number of aliphatic carboxylic acids is 1. The van der Waals surface area contributed by atoms with Crippen LogP contribution in [0, 0.1) is 5.92 Å². The molecule has 1 fully saturated rings. The van der Waals surface area contributed by atoms with Gasteiger partial charge in [-0.1, -0.05) is 30.3 Å². The summed E-state index contributed by atoms with van der Waals surface area (Å²) in [6.45, 7) is 1.21. The Balaban J connectivity index is 1.86. The fourth-order valence-electron chi connectivity index (χ4n) is 3.78. The highest BCUT2D eigenvalue weighted by Crippen LogP contribution is 2.35. The average molecular weight is 363 g/mol. The van der Waals surface area contributed by atoms with Gasteiger partial charge in [-0.15, -0.1) is 0 Å². The summed E-state index contributed by atoms with van der Waals surface area (Å²) >= 11 is 0. The SMILES string of the molecule is O=C(O)C1CCCN(c2ncnc3cccc(-c4cccc(CO)c4)c23)C1. The van der Waals surface area contributed by atoms with Crippen LogP contribution in [0.2, 0.25) is 0 Å². The molecule has 3 aromatic rings. The van der Waals surface area contributed by atoms with Crippen molar-refractivity contribution in [3.8, 4) is 11.1 Å². The molecule has 0 bridgehead atoms. The molecule has 1 aliphatic rings. The number of aromatic nitrogens is 2. The molecule has 0 amide bonds. The van der Waals surface area contributed by atoms with Crippen LogP contribution in [-0.2, 0) is 11.4 Å². The maximum absolute atomic E-state index is 11.5. The maximum atomic E-state index is 11.5. The van der Waals surface area contributed by atoms with Crippen LogP contribution in [0.1, 0.15) is 18.4 Å². The Morgan fingerprint density at radius 1 is 1.19 bits per heavy atom. The molecule has 0 saturated carbocycles. The van der Waals surface area contributed by atoms with Crippen molar-refractivity contribution in [2.45, 2.75) is 19.4 Å². The third kappa shape index (κ3) is 3.36. The Morgan fingerprint density at radius 2 is 2.04 bits per heavy atom. The van der Waals surface area contributed by atoms with Gasteiger partial charge in [0.1, 0.15) is 12.1 Å². The van der Waals surface area contributed by atoms with E-state index in [2.05, 4.69) is 14.9 Å². The van der Waals surface area contributed by atoms with Gasteiger partial charge in [-0.25, -0.2) is 9.97 Å². The summed E-state index contributed by atoms with van der Waals surface area (Å²) in [5, 5.41) is 19.8. The smallest absolute Gasteiger partial charge is 0.308 e. The van der Waals surface area contributed by atoms with Gasteiger partial charge in [-0.2, -0.15) is 0 Å². The van der Waals surface area contributed by atoms with Gasteiger partial charge >= 0.3 is 5.97 Å². The number of piperidine rings is 1. The van der Waals surface area contributed by atoms with E-state index in [1.165, 1.54) is 6.33 Å². The Bertz CT molecular complexity index is 984. The minimum absolute atomic E-state index is 0.0195. The van der Waals surface area contributed by atoms with Crippen molar-refractivity contribution in [3.63, 3.8) is 0 Å². The Morgan fingerprint density at radius 3 is 2.85 bits per heavy atom. The molecule has 4 rings (SSSR count).